The summed E-state index contributed by atoms with van der Waals surface area (Å²) in [6.45, 7) is 8.20. The number of hydrogen-bond acceptors (Lipinski definition) is 3. The smallest absolute Gasteiger partial charge is 0.0597 e. The Balaban J connectivity index is 2.80. The number of methoxy groups -OCH3 is 1. The maximum atomic E-state index is 5.16. The predicted molar refractivity (Wildman–Crippen MR) is 70.0 cm³/mol. The number of nitrogens with one attached hydrogen (secondary N) is 1. The van der Waals surface area contributed by atoms with Gasteiger partial charge in [0.15, 0.2) is 0 Å². The van der Waals surface area contributed by atoms with Gasteiger partial charge in [-0.1, -0.05) is 13.8 Å². The Bertz CT molecular complexity index is 335. The Morgan fingerprint density at radius 3 is 2.71 bits per heavy atom. The predicted octanol–water partition coefficient (Wildman–Crippen LogP) is 2.05. The van der Waals surface area contributed by atoms with E-state index in [2.05, 4.69) is 30.3 Å². The number of rotatable bonds is 7. The lowest BCUT2D eigenvalue weighted by Gasteiger charge is -2.24. The fourth-order valence-corrected chi connectivity index (χ4v) is 2.21. The van der Waals surface area contributed by atoms with E-state index in [0.717, 1.165) is 25.3 Å². The van der Waals surface area contributed by atoms with Gasteiger partial charge in [0.05, 0.1) is 17.4 Å². The van der Waals surface area contributed by atoms with Crippen LogP contribution in [0.5, 0.6) is 0 Å². The Kier molecular flexibility index (Phi) is 5.65. The second-order valence-electron chi connectivity index (χ2n) is 4.63. The van der Waals surface area contributed by atoms with Crippen LogP contribution >= 0.6 is 0 Å². The van der Waals surface area contributed by atoms with E-state index in [1.807, 2.05) is 18.7 Å². The van der Waals surface area contributed by atoms with Crippen molar-refractivity contribution >= 4 is 0 Å². The van der Waals surface area contributed by atoms with E-state index in [9.17, 15) is 0 Å². The van der Waals surface area contributed by atoms with Gasteiger partial charge in [-0.15, -0.1) is 0 Å². The lowest BCUT2D eigenvalue weighted by atomic mass is 9.95. The molecule has 0 aliphatic carbocycles. The summed E-state index contributed by atoms with van der Waals surface area (Å²) in [7, 11) is 3.76. The third-order valence-electron chi connectivity index (χ3n) is 3.13. The first-order chi connectivity index (χ1) is 8.10. The lowest BCUT2D eigenvalue weighted by molar-refractivity contribution is 0.169. The number of ether oxygens (including phenoxy) is 1. The summed E-state index contributed by atoms with van der Waals surface area (Å²) < 4.78 is 7.14. The molecule has 0 radical (unpaired) electrons. The molecule has 0 spiro atoms. The molecule has 0 aromatic carbocycles. The molecule has 0 amide bonds. The highest BCUT2D eigenvalue weighted by Crippen LogP contribution is 2.24. The second-order valence-corrected chi connectivity index (χ2v) is 4.63. The summed E-state index contributed by atoms with van der Waals surface area (Å²) in [6, 6.07) is 2.51. The average molecular weight is 239 g/mol. The van der Waals surface area contributed by atoms with Crippen LogP contribution in [-0.4, -0.2) is 30.0 Å². The first-order valence-electron chi connectivity index (χ1n) is 6.33. The molecule has 1 aromatic rings. The number of aryl methyl sites for hydroxylation is 2. The summed E-state index contributed by atoms with van der Waals surface area (Å²) >= 11 is 0. The second kappa shape index (κ2) is 6.77. The van der Waals surface area contributed by atoms with Crippen molar-refractivity contribution in [3.8, 4) is 0 Å². The number of hydrogen-bond donors (Lipinski definition) is 1. The highest BCUT2D eigenvalue weighted by molar-refractivity contribution is 5.14. The van der Waals surface area contributed by atoms with E-state index in [1.54, 1.807) is 7.11 Å². The molecule has 98 valence electrons. The van der Waals surface area contributed by atoms with E-state index < -0.39 is 0 Å². The van der Waals surface area contributed by atoms with Gasteiger partial charge in [0.2, 0.25) is 0 Å². The Morgan fingerprint density at radius 2 is 2.24 bits per heavy atom. The van der Waals surface area contributed by atoms with E-state index in [-0.39, 0.29) is 0 Å². The first-order valence-corrected chi connectivity index (χ1v) is 6.33. The molecule has 0 aliphatic heterocycles. The molecule has 0 fully saturated rings. The van der Waals surface area contributed by atoms with Crippen LogP contribution in [0, 0.1) is 12.8 Å². The van der Waals surface area contributed by atoms with Crippen LogP contribution in [0.4, 0.5) is 0 Å². The molecule has 4 nitrogen and oxygen atoms in total. The molecule has 0 aliphatic rings. The zero-order chi connectivity index (χ0) is 12.8. The molecule has 0 saturated heterocycles. The highest BCUT2D eigenvalue weighted by atomic mass is 16.5. The van der Waals surface area contributed by atoms with Crippen LogP contribution in [-0.2, 0) is 11.8 Å². The fourth-order valence-electron chi connectivity index (χ4n) is 2.21. The minimum absolute atomic E-state index is 0.348. The van der Waals surface area contributed by atoms with Gasteiger partial charge in [0.1, 0.15) is 0 Å². The van der Waals surface area contributed by atoms with Crippen molar-refractivity contribution in [1.82, 2.24) is 15.1 Å². The Hall–Kier alpha value is -0.870. The molecule has 1 N–H and O–H groups in total. The summed E-state index contributed by atoms with van der Waals surface area (Å²) in [5.74, 6) is 0.532. The quantitative estimate of drug-likeness (QED) is 0.791. The Labute approximate surface area is 104 Å². The van der Waals surface area contributed by atoms with Crippen LogP contribution in [0.25, 0.3) is 0 Å². The van der Waals surface area contributed by atoms with Crippen LogP contribution < -0.4 is 5.32 Å². The number of aromatic nitrogens is 2. The third kappa shape index (κ3) is 3.82. The highest BCUT2D eigenvalue weighted by Gasteiger charge is 2.21. The monoisotopic (exact) mass is 239 g/mol. The van der Waals surface area contributed by atoms with Gasteiger partial charge < -0.3 is 10.1 Å². The molecule has 2 atom stereocenters. The zero-order valence-electron chi connectivity index (χ0n) is 11.7. The largest absolute Gasteiger partial charge is 0.385 e. The molecular weight excluding hydrogens is 214 g/mol. The molecule has 0 saturated carbocycles. The van der Waals surface area contributed by atoms with Gasteiger partial charge in [-0.25, -0.2) is 0 Å². The summed E-state index contributed by atoms with van der Waals surface area (Å²) in [5.41, 5.74) is 2.33. The van der Waals surface area contributed by atoms with E-state index in [1.165, 1.54) is 5.69 Å². The molecule has 17 heavy (non-hydrogen) atoms. The summed E-state index contributed by atoms with van der Waals surface area (Å²) in [6.07, 6.45) is 1.05. The van der Waals surface area contributed by atoms with Gasteiger partial charge in [0.25, 0.3) is 0 Å². The van der Waals surface area contributed by atoms with Gasteiger partial charge in [0, 0.05) is 20.8 Å². The number of nitrogens with zero attached hydrogens (tertiary/aromatic N) is 2. The molecular formula is C13H25N3O. The van der Waals surface area contributed by atoms with Gasteiger partial charge in [-0.3, -0.25) is 4.68 Å². The topological polar surface area (TPSA) is 39.1 Å². The van der Waals surface area contributed by atoms with Gasteiger partial charge in [-0.05, 0) is 31.9 Å². The molecule has 1 rings (SSSR count). The summed E-state index contributed by atoms with van der Waals surface area (Å²) in [4.78, 5) is 0. The Morgan fingerprint density at radius 1 is 1.53 bits per heavy atom. The standard InChI is InChI=1S/C13H25N3O/c1-6-14-13(10(2)7-8-17-5)12-9-11(3)15-16(12)4/h9-10,13-14H,6-8H2,1-5H3. The molecule has 1 heterocycles. The molecule has 1 aromatic heterocycles. The minimum Gasteiger partial charge on any atom is -0.385 e. The van der Waals surface area contributed by atoms with E-state index >= 15 is 0 Å². The average Bonchev–Trinajstić information content (AvgIpc) is 2.62. The van der Waals surface area contributed by atoms with Crippen molar-refractivity contribution in [3.63, 3.8) is 0 Å². The van der Waals surface area contributed by atoms with Crippen molar-refractivity contribution in [2.75, 3.05) is 20.3 Å². The maximum Gasteiger partial charge on any atom is 0.0597 e. The lowest BCUT2D eigenvalue weighted by Crippen LogP contribution is -2.29. The van der Waals surface area contributed by atoms with Crippen LogP contribution in [0.3, 0.4) is 0 Å². The maximum absolute atomic E-state index is 5.16. The SMILES string of the molecule is CCNC(c1cc(C)nn1C)C(C)CCOC. The molecule has 2 unspecified atom stereocenters. The van der Waals surface area contributed by atoms with Crippen molar-refractivity contribution in [2.45, 2.75) is 33.2 Å². The van der Waals surface area contributed by atoms with E-state index in [0.29, 0.717) is 12.0 Å². The van der Waals surface area contributed by atoms with Gasteiger partial charge >= 0.3 is 0 Å². The zero-order valence-corrected chi connectivity index (χ0v) is 11.7. The normalized spacial score (nSPS) is 14.9. The summed E-state index contributed by atoms with van der Waals surface area (Å²) in [5, 5.41) is 7.97. The first kappa shape index (κ1) is 14.2. The van der Waals surface area contributed by atoms with Crippen molar-refractivity contribution in [2.24, 2.45) is 13.0 Å². The fraction of sp³-hybridized carbons (Fsp3) is 0.769. The van der Waals surface area contributed by atoms with Crippen molar-refractivity contribution in [1.29, 1.82) is 0 Å². The van der Waals surface area contributed by atoms with Gasteiger partial charge in [-0.2, -0.15) is 5.10 Å². The van der Waals surface area contributed by atoms with Crippen LogP contribution in [0.1, 0.15) is 37.7 Å². The third-order valence-corrected chi connectivity index (χ3v) is 3.13. The minimum atomic E-state index is 0.348. The molecule has 4 heteroatoms. The van der Waals surface area contributed by atoms with E-state index in [4.69, 9.17) is 4.74 Å². The van der Waals surface area contributed by atoms with Crippen LogP contribution in [0.15, 0.2) is 6.07 Å². The van der Waals surface area contributed by atoms with Crippen molar-refractivity contribution in [3.05, 3.63) is 17.5 Å². The van der Waals surface area contributed by atoms with Crippen LogP contribution in [0.2, 0.25) is 0 Å². The molecule has 0 bridgehead atoms. The van der Waals surface area contributed by atoms with Crippen molar-refractivity contribution < 1.29 is 4.74 Å².